The van der Waals surface area contributed by atoms with E-state index in [2.05, 4.69) is 25.8 Å². The molecule has 2 aliphatic rings. The average molecular weight is 239 g/mol. The summed E-state index contributed by atoms with van der Waals surface area (Å²) in [7, 11) is 2.17. The molecule has 0 aliphatic heterocycles. The first-order valence-corrected chi connectivity index (χ1v) is 7.29. The lowest BCUT2D eigenvalue weighted by molar-refractivity contribution is -0.0172. The Morgan fingerprint density at radius 1 is 1.29 bits per heavy atom. The number of aliphatic hydroxyl groups is 1. The molecule has 2 fully saturated rings. The van der Waals surface area contributed by atoms with Crippen LogP contribution in [0.1, 0.15) is 46.5 Å². The number of nitrogens with zero attached hydrogens (tertiary/aromatic N) is 1. The highest BCUT2D eigenvalue weighted by molar-refractivity contribution is 4.91. The van der Waals surface area contributed by atoms with Crippen molar-refractivity contribution in [2.45, 2.75) is 52.1 Å². The monoisotopic (exact) mass is 239 g/mol. The van der Waals surface area contributed by atoms with Gasteiger partial charge in [0.25, 0.3) is 0 Å². The Balaban J connectivity index is 1.80. The number of hydrogen-bond acceptors (Lipinski definition) is 2. The Labute approximate surface area is 106 Å². The van der Waals surface area contributed by atoms with Gasteiger partial charge in [0.05, 0.1) is 5.60 Å². The van der Waals surface area contributed by atoms with Crippen LogP contribution in [0.4, 0.5) is 0 Å². The van der Waals surface area contributed by atoms with Crippen LogP contribution in [0.5, 0.6) is 0 Å². The summed E-state index contributed by atoms with van der Waals surface area (Å²) in [4.78, 5) is 2.35. The van der Waals surface area contributed by atoms with Crippen molar-refractivity contribution >= 4 is 0 Å². The summed E-state index contributed by atoms with van der Waals surface area (Å²) in [5.74, 6) is 3.25. The van der Waals surface area contributed by atoms with Gasteiger partial charge in [0.1, 0.15) is 0 Å². The average Bonchev–Trinajstić information content (AvgIpc) is 2.77. The molecule has 0 saturated heterocycles. The largest absolute Gasteiger partial charge is 0.389 e. The van der Waals surface area contributed by atoms with E-state index in [4.69, 9.17) is 0 Å². The topological polar surface area (TPSA) is 23.5 Å². The maximum Gasteiger partial charge on any atom is 0.0768 e. The van der Waals surface area contributed by atoms with Crippen LogP contribution in [0.3, 0.4) is 0 Å². The fourth-order valence-electron chi connectivity index (χ4n) is 3.79. The van der Waals surface area contributed by atoms with Crippen molar-refractivity contribution in [1.29, 1.82) is 0 Å². The Hall–Kier alpha value is -0.0800. The highest BCUT2D eigenvalue weighted by Crippen LogP contribution is 2.48. The standard InChI is InChI=1S/C15H29NO/c1-11(2)15(3,17)10-16(4)9-14-8-12-5-6-13(14)7-12/h11-14,17H,5-10H2,1-4H3. The van der Waals surface area contributed by atoms with Gasteiger partial charge in [-0.15, -0.1) is 0 Å². The first kappa shape index (κ1) is 13.4. The predicted octanol–water partition coefficient (Wildman–Crippen LogP) is 2.76. The fraction of sp³-hybridized carbons (Fsp3) is 1.00. The lowest BCUT2D eigenvalue weighted by Gasteiger charge is -2.35. The zero-order valence-corrected chi connectivity index (χ0v) is 11.9. The minimum absolute atomic E-state index is 0.324. The predicted molar refractivity (Wildman–Crippen MR) is 71.9 cm³/mol. The van der Waals surface area contributed by atoms with Crippen LogP contribution < -0.4 is 0 Å². The van der Waals surface area contributed by atoms with Crippen molar-refractivity contribution in [2.24, 2.45) is 23.7 Å². The molecule has 0 heterocycles. The molecule has 2 rings (SSSR count). The van der Waals surface area contributed by atoms with Gasteiger partial charge in [-0.1, -0.05) is 20.3 Å². The maximum atomic E-state index is 10.3. The lowest BCUT2D eigenvalue weighted by Crippen LogP contribution is -2.44. The van der Waals surface area contributed by atoms with E-state index >= 15 is 0 Å². The lowest BCUT2D eigenvalue weighted by atomic mass is 9.87. The first-order chi connectivity index (χ1) is 7.88. The van der Waals surface area contributed by atoms with Crippen LogP contribution >= 0.6 is 0 Å². The highest BCUT2D eigenvalue weighted by atomic mass is 16.3. The van der Waals surface area contributed by atoms with Gasteiger partial charge in [-0.3, -0.25) is 0 Å². The Morgan fingerprint density at radius 2 is 2.00 bits per heavy atom. The van der Waals surface area contributed by atoms with E-state index in [1.165, 1.54) is 32.2 Å². The Bertz CT molecular complexity index is 262. The molecule has 100 valence electrons. The second kappa shape index (κ2) is 4.89. The second-order valence-electron chi connectivity index (χ2n) is 7.14. The molecular weight excluding hydrogens is 210 g/mol. The molecule has 2 aliphatic carbocycles. The van der Waals surface area contributed by atoms with Crippen LogP contribution in [0.2, 0.25) is 0 Å². The molecule has 2 heteroatoms. The summed E-state index contributed by atoms with van der Waals surface area (Å²) in [5, 5.41) is 10.3. The molecule has 0 spiro atoms. The molecule has 0 radical (unpaired) electrons. The number of hydrogen-bond donors (Lipinski definition) is 1. The van der Waals surface area contributed by atoms with Crippen molar-refractivity contribution in [3.05, 3.63) is 0 Å². The summed E-state index contributed by atoms with van der Waals surface area (Å²) >= 11 is 0. The zero-order valence-electron chi connectivity index (χ0n) is 11.9. The Kier molecular flexibility index (Phi) is 3.84. The molecule has 2 saturated carbocycles. The first-order valence-electron chi connectivity index (χ1n) is 7.29. The van der Waals surface area contributed by atoms with Crippen LogP contribution in [0, 0.1) is 23.7 Å². The second-order valence-corrected chi connectivity index (χ2v) is 7.14. The van der Waals surface area contributed by atoms with E-state index in [1.807, 2.05) is 6.92 Å². The molecule has 4 atom stereocenters. The molecule has 2 nitrogen and oxygen atoms in total. The third kappa shape index (κ3) is 3.03. The van der Waals surface area contributed by atoms with E-state index in [1.54, 1.807) is 0 Å². The number of fused-ring (bicyclic) bond motifs is 2. The summed E-state index contributed by atoms with van der Waals surface area (Å²) in [6.07, 6.45) is 5.87. The normalized spacial score (nSPS) is 35.8. The SMILES string of the molecule is CC(C)C(C)(O)CN(C)CC1CC2CCC1C2. The van der Waals surface area contributed by atoms with E-state index in [0.29, 0.717) is 5.92 Å². The maximum absolute atomic E-state index is 10.3. The van der Waals surface area contributed by atoms with Crippen LogP contribution in [-0.2, 0) is 0 Å². The summed E-state index contributed by atoms with van der Waals surface area (Å²) in [6, 6.07) is 0. The molecule has 1 N–H and O–H groups in total. The van der Waals surface area contributed by atoms with Gasteiger partial charge >= 0.3 is 0 Å². The van der Waals surface area contributed by atoms with Gasteiger partial charge in [-0.2, -0.15) is 0 Å². The van der Waals surface area contributed by atoms with Gasteiger partial charge in [-0.25, -0.2) is 0 Å². The molecule has 17 heavy (non-hydrogen) atoms. The quantitative estimate of drug-likeness (QED) is 0.797. The zero-order chi connectivity index (χ0) is 12.6. The van der Waals surface area contributed by atoms with Gasteiger partial charge in [0.15, 0.2) is 0 Å². The van der Waals surface area contributed by atoms with Crippen molar-refractivity contribution in [3.63, 3.8) is 0 Å². The van der Waals surface area contributed by atoms with Gasteiger partial charge in [0, 0.05) is 13.1 Å². The summed E-state index contributed by atoms with van der Waals surface area (Å²) in [5.41, 5.74) is -0.549. The number of likely N-dealkylation sites (N-methyl/N-ethyl adjacent to an activating group) is 1. The van der Waals surface area contributed by atoms with E-state index in [0.717, 1.165) is 24.3 Å². The molecular formula is C15H29NO. The fourth-order valence-corrected chi connectivity index (χ4v) is 3.79. The third-order valence-electron chi connectivity index (χ3n) is 5.26. The Morgan fingerprint density at radius 3 is 2.47 bits per heavy atom. The minimum Gasteiger partial charge on any atom is -0.389 e. The molecule has 0 aromatic carbocycles. The van der Waals surface area contributed by atoms with Crippen LogP contribution in [-0.4, -0.2) is 35.7 Å². The van der Waals surface area contributed by atoms with Crippen molar-refractivity contribution < 1.29 is 5.11 Å². The van der Waals surface area contributed by atoms with Gasteiger partial charge in [0.2, 0.25) is 0 Å². The van der Waals surface area contributed by atoms with Gasteiger partial charge < -0.3 is 10.0 Å². The van der Waals surface area contributed by atoms with Crippen LogP contribution in [0.25, 0.3) is 0 Å². The molecule has 0 aromatic heterocycles. The smallest absolute Gasteiger partial charge is 0.0768 e. The summed E-state index contributed by atoms with van der Waals surface area (Å²) in [6.45, 7) is 8.16. The van der Waals surface area contributed by atoms with Crippen molar-refractivity contribution in [1.82, 2.24) is 4.90 Å². The molecule has 0 amide bonds. The van der Waals surface area contributed by atoms with Crippen LogP contribution in [0.15, 0.2) is 0 Å². The van der Waals surface area contributed by atoms with E-state index < -0.39 is 5.60 Å². The van der Waals surface area contributed by atoms with Gasteiger partial charge in [-0.05, 0) is 56.9 Å². The van der Waals surface area contributed by atoms with E-state index in [9.17, 15) is 5.11 Å². The molecule has 4 unspecified atom stereocenters. The third-order valence-corrected chi connectivity index (χ3v) is 5.26. The van der Waals surface area contributed by atoms with Crippen molar-refractivity contribution in [3.8, 4) is 0 Å². The number of rotatable bonds is 5. The molecule has 2 bridgehead atoms. The highest BCUT2D eigenvalue weighted by Gasteiger charge is 2.40. The summed E-state index contributed by atoms with van der Waals surface area (Å²) < 4.78 is 0. The molecule has 0 aromatic rings. The minimum atomic E-state index is -0.549. The van der Waals surface area contributed by atoms with E-state index in [-0.39, 0.29) is 0 Å². The van der Waals surface area contributed by atoms with Crippen molar-refractivity contribution in [2.75, 3.05) is 20.1 Å².